The summed E-state index contributed by atoms with van der Waals surface area (Å²) in [7, 11) is 1.29. The van der Waals surface area contributed by atoms with Crippen molar-refractivity contribution in [2.24, 2.45) is 5.41 Å². The highest BCUT2D eigenvalue weighted by Crippen LogP contribution is 2.38. The molecular weight excluding hydrogens is 400 g/mol. The number of esters is 1. The van der Waals surface area contributed by atoms with E-state index in [1.54, 1.807) is 6.08 Å². The Kier molecular flexibility index (Phi) is 8.08. The van der Waals surface area contributed by atoms with Crippen LogP contribution in [0, 0.1) is 5.41 Å². The number of ether oxygens (including phenoxy) is 2. The van der Waals surface area contributed by atoms with Crippen LogP contribution < -0.4 is 5.32 Å². The number of carbonyl (C=O) groups is 3. The second-order valence-corrected chi connectivity index (χ2v) is 8.91. The Labute approximate surface area is 183 Å². The number of methoxy groups -OCH3 is 1. The molecule has 1 aliphatic heterocycles. The van der Waals surface area contributed by atoms with Gasteiger partial charge in [0.25, 0.3) is 0 Å². The van der Waals surface area contributed by atoms with Crippen molar-refractivity contribution in [3.05, 3.63) is 48.0 Å². The molecule has 31 heavy (non-hydrogen) atoms. The molecule has 2 unspecified atom stereocenters. The summed E-state index contributed by atoms with van der Waals surface area (Å²) in [6.45, 7) is 6.32. The minimum Gasteiger partial charge on any atom is -0.466 e. The molecule has 2 rings (SSSR count). The Morgan fingerprint density at radius 1 is 1.26 bits per heavy atom. The van der Waals surface area contributed by atoms with Crippen molar-refractivity contribution in [2.45, 2.75) is 58.2 Å². The largest absolute Gasteiger partial charge is 0.466 e. The number of nitrogens with zero attached hydrogens (tertiary/aromatic N) is 1. The molecule has 1 aliphatic rings. The number of benzene rings is 1. The predicted octanol–water partition coefficient (Wildman–Crippen LogP) is 3.96. The first-order chi connectivity index (χ1) is 14.6. The van der Waals surface area contributed by atoms with Gasteiger partial charge in [-0.25, -0.2) is 14.4 Å². The normalized spacial score (nSPS) is 21.5. The molecule has 0 bridgehead atoms. The molecule has 0 spiro atoms. The number of likely N-dealkylation sites (tertiary alicyclic amines) is 1. The van der Waals surface area contributed by atoms with Crippen LogP contribution >= 0.6 is 0 Å². The predicted molar refractivity (Wildman–Crippen MR) is 115 cm³/mol. The molecule has 0 radical (unpaired) electrons. The zero-order valence-electron chi connectivity index (χ0n) is 18.6. The van der Waals surface area contributed by atoms with Crippen LogP contribution in [0.25, 0.3) is 0 Å². The van der Waals surface area contributed by atoms with Gasteiger partial charge in [-0.3, -0.25) is 0 Å². The van der Waals surface area contributed by atoms with Gasteiger partial charge in [-0.05, 0) is 30.2 Å². The van der Waals surface area contributed by atoms with Gasteiger partial charge in [-0.15, -0.1) is 0 Å². The molecule has 2 N–H and O–H groups in total. The van der Waals surface area contributed by atoms with Crippen LogP contribution in [0.4, 0.5) is 9.59 Å². The van der Waals surface area contributed by atoms with Crippen LogP contribution in [0.1, 0.15) is 45.6 Å². The molecule has 1 saturated heterocycles. The van der Waals surface area contributed by atoms with Gasteiger partial charge in [-0.2, -0.15) is 0 Å². The van der Waals surface area contributed by atoms with E-state index in [4.69, 9.17) is 4.74 Å². The minimum atomic E-state index is -0.981. The lowest BCUT2D eigenvalue weighted by atomic mass is 9.72. The van der Waals surface area contributed by atoms with Crippen LogP contribution in [0.5, 0.6) is 0 Å². The average Bonchev–Trinajstić information content (AvgIpc) is 2.72. The highest BCUT2D eigenvalue weighted by atomic mass is 16.5. The van der Waals surface area contributed by atoms with Gasteiger partial charge in [0.05, 0.1) is 12.6 Å². The van der Waals surface area contributed by atoms with Gasteiger partial charge in [0.1, 0.15) is 6.61 Å². The molecule has 0 saturated carbocycles. The van der Waals surface area contributed by atoms with Crippen molar-refractivity contribution in [1.29, 1.82) is 0 Å². The van der Waals surface area contributed by atoms with Crippen LogP contribution in [-0.4, -0.2) is 53.4 Å². The first-order valence-corrected chi connectivity index (χ1v) is 10.3. The second kappa shape index (κ2) is 10.3. The van der Waals surface area contributed by atoms with Crippen LogP contribution in [0.2, 0.25) is 0 Å². The lowest BCUT2D eigenvalue weighted by Crippen LogP contribution is -2.62. The fourth-order valence-electron chi connectivity index (χ4n) is 3.85. The summed E-state index contributed by atoms with van der Waals surface area (Å²) in [4.78, 5) is 37.3. The Morgan fingerprint density at radius 3 is 2.52 bits per heavy atom. The van der Waals surface area contributed by atoms with E-state index in [2.05, 4.69) is 10.1 Å². The van der Waals surface area contributed by atoms with Gasteiger partial charge < -0.3 is 24.8 Å². The molecule has 0 aromatic heterocycles. The van der Waals surface area contributed by atoms with Crippen molar-refractivity contribution < 1.29 is 29.0 Å². The van der Waals surface area contributed by atoms with Crippen molar-refractivity contribution in [2.75, 3.05) is 13.7 Å². The fraction of sp³-hybridized carbons (Fsp3) is 0.522. The molecule has 0 aliphatic carbocycles. The monoisotopic (exact) mass is 432 g/mol. The third kappa shape index (κ3) is 7.01. The summed E-state index contributed by atoms with van der Waals surface area (Å²) < 4.78 is 10.0. The number of carbonyl (C=O) groups excluding carboxylic acids is 2. The van der Waals surface area contributed by atoms with Gasteiger partial charge in [0.2, 0.25) is 0 Å². The Morgan fingerprint density at radius 2 is 1.94 bits per heavy atom. The summed E-state index contributed by atoms with van der Waals surface area (Å²) in [5, 5.41) is 12.6. The number of nitrogens with one attached hydrogen (secondary N) is 1. The maximum atomic E-state index is 12.6. The lowest BCUT2D eigenvalue weighted by molar-refractivity contribution is -0.134. The fourth-order valence-corrected chi connectivity index (χ4v) is 3.85. The summed E-state index contributed by atoms with van der Waals surface area (Å²) in [5.74, 6) is -0.489. The number of hydrogen-bond acceptors (Lipinski definition) is 5. The molecule has 1 heterocycles. The summed E-state index contributed by atoms with van der Waals surface area (Å²) in [6.07, 6.45) is 2.56. The second-order valence-electron chi connectivity index (χ2n) is 8.91. The van der Waals surface area contributed by atoms with Crippen molar-refractivity contribution in [3.8, 4) is 0 Å². The molecular formula is C23H32N2O6. The van der Waals surface area contributed by atoms with Crippen molar-refractivity contribution in [1.82, 2.24) is 10.2 Å². The minimum absolute atomic E-state index is 0.130. The third-order valence-electron chi connectivity index (χ3n) is 5.58. The molecule has 2 amide bonds. The topological polar surface area (TPSA) is 105 Å². The first kappa shape index (κ1) is 24.2. The Hall–Kier alpha value is -3.03. The van der Waals surface area contributed by atoms with E-state index in [1.807, 2.05) is 51.1 Å². The maximum Gasteiger partial charge on any atom is 0.407 e. The van der Waals surface area contributed by atoms with Gasteiger partial charge in [-0.1, -0.05) is 57.2 Å². The standard InChI is InChI=1S/C23H32N2O6/c1-22(2,3)18-15-23(12-8-11-19(26)30-4,13-14-25(18)21(28)29)24-20(27)31-16-17-9-6-5-7-10-17/h5-11,18H,12-16H2,1-4H3,(H,24,27)(H,28,29). The van der Waals surface area contributed by atoms with E-state index in [0.717, 1.165) is 5.56 Å². The SMILES string of the molecule is COC(=O)C=CCC1(NC(=O)OCc2ccccc2)CCN(C(=O)O)C(C(C)(C)C)C1. The lowest BCUT2D eigenvalue weighted by Gasteiger charge is -2.50. The van der Waals surface area contributed by atoms with Crippen molar-refractivity contribution >= 4 is 18.2 Å². The van der Waals surface area contributed by atoms with E-state index in [9.17, 15) is 19.5 Å². The number of rotatable bonds is 6. The van der Waals surface area contributed by atoms with Crippen LogP contribution in [-0.2, 0) is 20.9 Å². The zero-order chi connectivity index (χ0) is 23.1. The number of carboxylic acid groups (broad SMARTS) is 1. The van der Waals surface area contributed by atoms with Gasteiger partial charge >= 0.3 is 18.2 Å². The molecule has 8 heteroatoms. The first-order valence-electron chi connectivity index (χ1n) is 10.3. The summed E-state index contributed by atoms with van der Waals surface area (Å²) in [5.41, 5.74) is -0.223. The number of piperidine rings is 1. The molecule has 1 aromatic carbocycles. The smallest absolute Gasteiger partial charge is 0.407 e. The quantitative estimate of drug-likeness (QED) is 0.521. The Bertz CT molecular complexity index is 802. The van der Waals surface area contributed by atoms with E-state index >= 15 is 0 Å². The van der Waals surface area contributed by atoms with E-state index in [1.165, 1.54) is 18.1 Å². The van der Waals surface area contributed by atoms with E-state index in [-0.39, 0.29) is 24.6 Å². The van der Waals surface area contributed by atoms with E-state index in [0.29, 0.717) is 19.3 Å². The molecule has 170 valence electrons. The summed E-state index contributed by atoms with van der Waals surface area (Å²) >= 11 is 0. The molecule has 2 atom stereocenters. The Balaban J connectivity index is 2.20. The van der Waals surface area contributed by atoms with Gasteiger partial charge in [0.15, 0.2) is 0 Å². The number of amides is 2. The molecule has 1 fully saturated rings. The summed E-state index contributed by atoms with van der Waals surface area (Å²) in [6, 6.07) is 9.03. The average molecular weight is 433 g/mol. The molecule has 1 aromatic rings. The maximum absolute atomic E-state index is 12.6. The van der Waals surface area contributed by atoms with E-state index < -0.39 is 23.7 Å². The number of alkyl carbamates (subject to hydrolysis) is 1. The van der Waals surface area contributed by atoms with Gasteiger partial charge in [0, 0.05) is 18.7 Å². The molecule has 8 nitrogen and oxygen atoms in total. The highest BCUT2D eigenvalue weighted by Gasteiger charge is 2.46. The van der Waals surface area contributed by atoms with Crippen LogP contribution in [0.15, 0.2) is 42.5 Å². The highest BCUT2D eigenvalue weighted by molar-refractivity contribution is 5.81. The number of hydrogen-bond donors (Lipinski definition) is 2. The zero-order valence-corrected chi connectivity index (χ0v) is 18.6. The third-order valence-corrected chi connectivity index (χ3v) is 5.58. The van der Waals surface area contributed by atoms with Crippen molar-refractivity contribution in [3.63, 3.8) is 0 Å². The van der Waals surface area contributed by atoms with Crippen LogP contribution in [0.3, 0.4) is 0 Å².